The first kappa shape index (κ1) is 15.7. The lowest BCUT2D eigenvalue weighted by Gasteiger charge is -2.07. The van der Waals surface area contributed by atoms with Gasteiger partial charge in [-0.15, -0.1) is 0 Å². The largest absolute Gasteiger partial charge is 0.388 e. The van der Waals surface area contributed by atoms with E-state index in [2.05, 4.69) is 11.6 Å². The van der Waals surface area contributed by atoms with Crippen molar-refractivity contribution in [1.29, 1.82) is 5.41 Å². The number of aryl methyl sites for hydroxylation is 1. The zero-order valence-corrected chi connectivity index (χ0v) is 12.0. The third kappa shape index (κ3) is 5.40. The fraction of sp³-hybridized carbons (Fsp3) is 0.462. The summed E-state index contributed by atoms with van der Waals surface area (Å²) in [7, 11) is -3.45. The lowest BCUT2D eigenvalue weighted by Crippen LogP contribution is -2.25. The molecule has 0 saturated carbocycles. The second-order valence-corrected chi connectivity index (χ2v) is 6.19. The van der Waals surface area contributed by atoms with Crippen molar-refractivity contribution in [3.8, 4) is 0 Å². The SMILES string of the molecule is CCCc1ccc(S(=O)(=O)NCCCC(=N)N)cc1. The Morgan fingerprint density at radius 3 is 2.47 bits per heavy atom. The van der Waals surface area contributed by atoms with Crippen LogP contribution in [0, 0.1) is 5.41 Å². The molecule has 0 fully saturated rings. The van der Waals surface area contributed by atoms with Crippen LogP contribution in [0.25, 0.3) is 0 Å². The molecular weight excluding hydrogens is 262 g/mol. The third-order valence-corrected chi connectivity index (χ3v) is 4.16. The fourth-order valence-corrected chi connectivity index (χ4v) is 2.77. The molecule has 0 aliphatic carbocycles. The van der Waals surface area contributed by atoms with Gasteiger partial charge in [0.05, 0.1) is 10.7 Å². The van der Waals surface area contributed by atoms with E-state index in [0.717, 1.165) is 18.4 Å². The van der Waals surface area contributed by atoms with Crippen LogP contribution < -0.4 is 10.5 Å². The second kappa shape index (κ2) is 7.25. The molecule has 0 spiro atoms. The number of nitrogens with one attached hydrogen (secondary N) is 2. The first-order valence-corrected chi connectivity index (χ1v) is 7.85. The van der Waals surface area contributed by atoms with Crippen molar-refractivity contribution >= 4 is 15.9 Å². The molecular formula is C13H21N3O2S. The molecule has 1 aromatic rings. The zero-order chi connectivity index (χ0) is 14.3. The Balaban J connectivity index is 2.59. The normalized spacial score (nSPS) is 11.4. The molecule has 0 aromatic heterocycles. The number of hydrogen-bond donors (Lipinski definition) is 3. The van der Waals surface area contributed by atoms with E-state index in [1.165, 1.54) is 0 Å². The second-order valence-electron chi connectivity index (χ2n) is 4.42. The summed E-state index contributed by atoms with van der Waals surface area (Å²) < 4.78 is 26.4. The maximum absolute atomic E-state index is 11.9. The summed E-state index contributed by atoms with van der Waals surface area (Å²) in [6.45, 7) is 2.37. The van der Waals surface area contributed by atoms with Gasteiger partial charge in [-0.05, 0) is 30.5 Å². The predicted octanol–water partition coefficient (Wildman–Crippen LogP) is 1.63. The van der Waals surface area contributed by atoms with Crippen molar-refractivity contribution in [3.05, 3.63) is 29.8 Å². The number of benzene rings is 1. The van der Waals surface area contributed by atoms with E-state index >= 15 is 0 Å². The van der Waals surface area contributed by atoms with Gasteiger partial charge in [0.25, 0.3) is 0 Å². The average molecular weight is 283 g/mol. The summed E-state index contributed by atoms with van der Waals surface area (Å²) in [5, 5.41) is 7.06. The molecule has 0 bridgehead atoms. The summed E-state index contributed by atoms with van der Waals surface area (Å²) in [5.74, 6) is 0.0723. The van der Waals surface area contributed by atoms with E-state index in [4.69, 9.17) is 11.1 Å². The van der Waals surface area contributed by atoms with E-state index in [9.17, 15) is 8.42 Å². The topological polar surface area (TPSA) is 96.0 Å². The van der Waals surface area contributed by atoms with Gasteiger partial charge in [0, 0.05) is 13.0 Å². The first-order chi connectivity index (χ1) is 8.95. The molecule has 0 atom stereocenters. The van der Waals surface area contributed by atoms with Crippen LogP contribution in [0.3, 0.4) is 0 Å². The highest BCUT2D eigenvalue weighted by molar-refractivity contribution is 7.89. The van der Waals surface area contributed by atoms with Crippen LogP contribution >= 0.6 is 0 Å². The Morgan fingerprint density at radius 2 is 1.95 bits per heavy atom. The predicted molar refractivity (Wildman–Crippen MR) is 76.8 cm³/mol. The minimum absolute atomic E-state index is 0.0723. The minimum atomic E-state index is -3.45. The van der Waals surface area contributed by atoms with Crippen molar-refractivity contribution in [2.45, 2.75) is 37.5 Å². The van der Waals surface area contributed by atoms with Gasteiger partial charge in [-0.25, -0.2) is 13.1 Å². The van der Waals surface area contributed by atoms with Gasteiger partial charge in [0.15, 0.2) is 0 Å². The lowest BCUT2D eigenvalue weighted by molar-refractivity contribution is 0.579. The van der Waals surface area contributed by atoms with Gasteiger partial charge in [-0.1, -0.05) is 25.5 Å². The number of sulfonamides is 1. The van der Waals surface area contributed by atoms with Crippen molar-refractivity contribution in [3.63, 3.8) is 0 Å². The summed E-state index contributed by atoms with van der Waals surface area (Å²) in [5.41, 5.74) is 6.34. The molecule has 19 heavy (non-hydrogen) atoms. The Bertz CT molecular complexity index is 509. The molecule has 0 unspecified atom stereocenters. The van der Waals surface area contributed by atoms with Gasteiger partial charge in [0.1, 0.15) is 0 Å². The molecule has 0 amide bonds. The van der Waals surface area contributed by atoms with Crippen LogP contribution in [-0.2, 0) is 16.4 Å². The molecule has 0 aliphatic heterocycles. The van der Waals surface area contributed by atoms with E-state index in [1.807, 2.05) is 12.1 Å². The van der Waals surface area contributed by atoms with Crippen LogP contribution in [0.5, 0.6) is 0 Å². The number of amidine groups is 1. The summed E-state index contributed by atoms with van der Waals surface area (Å²) >= 11 is 0. The number of rotatable bonds is 8. The van der Waals surface area contributed by atoms with Gasteiger partial charge < -0.3 is 5.73 Å². The summed E-state index contributed by atoms with van der Waals surface area (Å²) in [4.78, 5) is 0.273. The Morgan fingerprint density at radius 1 is 1.32 bits per heavy atom. The van der Waals surface area contributed by atoms with Crippen molar-refractivity contribution in [2.75, 3.05) is 6.54 Å². The van der Waals surface area contributed by atoms with Gasteiger partial charge in [0.2, 0.25) is 10.0 Å². The molecule has 0 radical (unpaired) electrons. The Kier molecular flexibility index (Phi) is 5.98. The quantitative estimate of drug-likeness (QED) is 0.384. The Labute approximate surface area is 114 Å². The highest BCUT2D eigenvalue weighted by Gasteiger charge is 2.12. The van der Waals surface area contributed by atoms with Crippen molar-refractivity contribution in [2.24, 2.45) is 5.73 Å². The summed E-state index contributed by atoms with van der Waals surface area (Å²) in [6.07, 6.45) is 2.92. The van der Waals surface area contributed by atoms with Crippen molar-refractivity contribution in [1.82, 2.24) is 4.72 Å². The lowest BCUT2D eigenvalue weighted by atomic mass is 10.1. The van der Waals surface area contributed by atoms with E-state index in [1.54, 1.807) is 12.1 Å². The highest BCUT2D eigenvalue weighted by Crippen LogP contribution is 2.11. The molecule has 1 rings (SSSR count). The highest BCUT2D eigenvalue weighted by atomic mass is 32.2. The molecule has 4 N–H and O–H groups in total. The standard InChI is InChI=1S/C13H21N3O2S/c1-2-4-11-6-8-12(9-7-11)19(17,18)16-10-3-5-13(14)15/h6-9,16H,2-5,10H2,1H3,(H3,14,15). The maximum atomic E-state index is 11.9. The monoisotopic (exact) mass is 283 g/mol. The summed E-state index contributed by atoms with van der Waals surface area (Å²) in [6, 6.07) is 6.93. The molecule has 1 aromatic carbocycles. The van der Waals surface area contributed by atoms with Crippen LogP contribution in [0.4, 0.5) is 0 Å². The van der Waals surface area contributed by atoms with Crippen LogP contribution in [-0.4, -0.2) is 20.8 Å². The van der Waals surface area contributed by atoms with Crippen molar-refractivity contribution < 1.29 is 8.42 Å². The first-order valence-electron chi connectivity index (χ1n) is 6.37. The number of nitrogens with two attached hydrogens (primary N) is 1. The van der Waals surface area contributed by atoms with Gasteiger partial charge in [-0.3, -0.25) is 5.41 Å². The minimum Gasteiger partial charge on any atom is -0.388 e. The smallest absolute Gasteiger partial charge is 0.240 e. The van der Waals surface area contributed by atoms with E-state index < -0.39 is 10.0 Å². The Hall–Kier alpha value is -1.40. The van der Waals surface area contributed by atoms with E-state index in [0.29, 0.717) is 19.4 Å². The van der Waals surface area contributed by atoms with Crippen LogP contribution in [0.15, 0.2) is 29.2 Å². The van der Waals surface area contributed by atoms with Crippen LogP contribution in [0.1, 0.15) is 31.7 Å². The molecule has 6 heteroatoms. The molecule has 5 nitrogen and oxygen atoms in total. The van der Waals surface area contributed by atoms with Gasteiger partial charge in [-0.2, -0.15) is 0 Å². The molecule has 106 valence electrons. The average Bonchev–Trinajstić information content (AvgIpc) is 2.36. The molecule has 0 heterocycles. The van der Waals surface area contributed by atoms with E-state index in [-0.39, 0.29) is 10.7 Å². The fourth-order valence-electron chi connectivity index (χ4n) is 1.69. The zero-order valence-electron chi connectivity index (χ0n) is 11.1. The molecule has 0 saturated heterocycles. The van der Waals surface area contributed by atoms with Crippen LogP contribution in [0.2, 0.25) is 0 Å². The molecule has 0 aliphatic rings. The van der Waals surface area contributed by atoms with Gasteiger partial charge >= 0.3 is 0 Å². The third-order valence-electron chi connectivity index (χ3n) is 2.69. The number of hydrogen-bond acceptors (Lipinski definition) is 3. The maximum Gasteiger partial charge on any atom is 0.240 e.